The molecule has 1 saturated heterocycles. The predicted octanol–water partition coefficient (Wildman–Crippen LogP) is 4.98. The Kier molecular flexibility index (Phi) is 3.93. The van der Waals surface area contributed by atoms with Gasteiger partial charge in [0.2, 0.25) is 5.95 Å². The van der Waals surface area contributed by atoms with Crippen molar-refractivity contribution in [3.8, 4) is 11.3 Å². The van der Waals surface area contributed by atoms with Gasteiger partial charge < -0.3 is 4.90 Å². The van der Waals surface area contributed by atoms with Gasteiger partial charge in [-0.25, -0.2) is 9.97 Å². The minimum Gasteiger partial charge on any atom is -0.338 e. The Morgan fingerprint density at radius 1 is 0.958 bits per heavy atom. The van der Waals surface area contributed by atoms with Gasteiger partial charge in [0.15, 0.2) is 0 Å². The highest BCUT2D eigenvalue weighted by Crippen LogP contribution is 2.30. The van der Waals surface area contributed by atoms with Crippen molar-refractivity contribution in [1.82, 2.24) is 9.97 Å². The van der Waals surface area contributed by atoms with Crippen molar-refractivity contribution in [2.75, 3.05) is 11.4 Å². The number of aromatic nitrogens is 2. The summed E-state index contributed by atoms with van der Waals surface area (Å²) in [6.07, 6.45) is 3.74. The normalized spacial score (nSPS) is 18.1. The maximum Gasteiger partial charge on any atom is 0.226 e. The van der Waals surface area contributed by atoms with E-state index in [9.17, 15) is 0 Å². The summed E-state index contributed by atoms with van der Waals surface area (Å²) < 4.78 is 0. The van der Waals surface area contributed by atoms with Crippen LogP contribution in [0.3, 0.4) is 0 Å². The van der Waals surface area contributed by atoms with Gasteiger partial charge in [0, 0.05) is 23.5 Å². The summed E-state index contributed by atoms with van der Waals surface area (Å²) >= 11 is 0. The maximum absolute atomic E-state index is 4.99. The zero-order chi connectivity index (χ0) is 16.5. The largest absolute Gasteiger partial charge is 0.338 e. The molecule has 0 N–H and O–H groups in total. The van der Waals surface area contributed by atoms with Gasteiger partial charge in [-0.05, 0) is 39.2 Å². The molecule has 0 bridgehead atoms. The summed E-state index contributed by atoms with van der Waals surface area (Å²) in [7, 11) is 0. The minimum atomic E-state index is 0.505. The second kappa shape index (κ2) is 6.23. The highest BCUT2D eigenvalue weighted by Gasteiger charge is 2.22. The quantitative estimate of drug-likeness (QED) is 0.667. The zero-order valence-electron chi connectivity index (χ0n) is 14.4. The molecule has 1 atom stereocenters. The summed E-state index contributed by atoms with van der Waals surface area (Å²) in [6, 6.07) is 17.4. The number of aryl methyl sites for hydroxylation is 1. The lowest BCUT2D eigenvalue weighted by Gasteiger charge is -2.33. The van der Waals surface area contributed by atoms with E-state index in [1.54, 1.807) is 0 Å². The first-order chi connectivity index (χ1) is 11.7. The molecule has 1 aliphatic rings. The lowest BCUT2D eigenvalue weighted by atomic mass is 10.0. The molecule has 4 rings (SSSR count). The number of benzene rings is 2. The van der Waals surface area contributed by atoms with E-state index in [2.05, 4.69) is 67.3 Å². The zero-order valence-corrected chi connectivity index (χ0v) is 14.4. The Labute approximate surface area is 143 Å². The van der Waals surface area contributed by atoms with Crippen molar-refractivity contribution in [2.24, 2.45) is 0 Å². The number of anilines is 1. The van der Waals surface area contributed by atoms with E-state index in [4.69, 9.17) is 9.97 Å². The SMILES string of the molecule is Cc1ccc(-c2nc(N3CCCCC3C)nc3ccccc23)cc1. The Bertz CT molecular complexity index is 855. The van der Waals surface area contributed by atoms with Crippen molar-refractivity contribution in [1.29, 1.82) is 0 Å². The Balaban J connectivity index is 1.89. The summed E-state index contributed by atoms with van der Waals surface area (Å²) in [5.41, 5.74) is 4.48. The second-order valence-electron chi connectivity index (χ2n) is 6.79. The summed E-state index contributed by atoms with van der Waals surface area (Å²) in [4.78, 5) is 12.2. The number of hydrogen-bond donors (Lipinski definition) is 0. The van der Waals surface area contributed by atoms with Crippen LogP contribution in [0.5, 0.6) is 0 Å². The molecule has 2 heterocycles. The van der Waals surface area contributed by atoms with E-state index in [0.717, 1.165) is 34.7 Å². The van der Waals surface area contributed by atoms with E-state index < -0.39 is 0 Å². The number of hydrogen-bond acceptors (Lipinski definition) is 3. The Hall–Kier alpha value is -2.42. The monoisotopic (exact) mass is 317 g/mol. The fourth-order valence-electron chi connectivity index (χ4n) is 3.52. The van der Waals surface area contributed by atoms with Gasteiger partial charge >= 0.3 is 0 Å². The third-order valence-corrected chi connectivity index (χ3v) is 4.98. The smallest absolute Gasteiger partial charge is 0.226 e. The van der Waals surface area contributed by atoms with E-state index in [-0.39, 0.29) is 0 Å². The maximum atomic E-state index is 4.99. The van der Waals surface area contributed by atoms with Crippen LogP contribution in [0.15, 0.2) is 48.5 Å². The molecule has 1 aliphatic heterocycles. The van der Waals surface area contributed by atoms with Crippen LogP contribution in [0, 0.1) is 6.92 Å². The molecule has 24 heavy (non-hydrogen) atoms. The summed E-state index contributed by atoms with van der Waals surface area (Å²) in [6.45, 7) is 5.44. The first kappa shape index (κ1) is 15.1. The number of piperidine rings is 1. The molecule has 0 saturated carbocycles. The second-order valence-corrected chi connectivity index (χ2v) is 6.79. The van der Waals surface area contributed by atoms with Gasteiger partial charge in [-0.15, -0.1) is 0 Å². The molecule has 0 radical (unpaired) electrons. The fourth-order valence-corrected chi connectivity index (χ4v) is 3.52. The lowest BCUT2D eigenvalue weighted by Crippen LogP contribution is -2.38. The lowest BCUT2D eigenvalue weighted by molar-refractivity contribution is 0.478. The molecule has 1 aromatic heterocycles. The highest BCUT2D eigenvalue weighted by atomic mass is 15.3. The topological polar surface area (TPSA) is 29.0 Å². The Morgan fingerprint density at radius 2 is 1.75 bits per heavy atom. The van der Waals surface area contributed by atoms with E-state index in [1.807, 2.05) is 0 Å². The van der Waals surface area contributed by atoms with Gasteiger partial charge in [0.05, 0.1) is 11.2 Å². The summed E-state index contributed by atoms with van der Waals surface area (Å²) in [5, 5.41) is 1.12. The molecule has 1 unspecified atom stereocenters. The first-order valence-electron chi connectivity index (χ1n) is 8.83. The molecule has 0 spiro atoms. The van der Waals surface area contributed by atoms with Crippen LogP contribution in [-0.2, 0) is 0 Å². The van der Waals surface area contributed by atoms with E-state index in [0.29, 0.717) is 6.04 Å². The van der Waals surface area contributed by atoms with Crippen molar-refractivity contribution >= 4 is 16.9 Å². The fraction of sp³-hybridized carbons (Fsp3) is 0.333. The van der Waals surface area contributed by atoms with Crippen LogP contribution < -0.4 is 4.90 Å². The standard InChI is InChI=1S/C21H23N3/c1-15-10-12-17(13-11-15)20-18-8-3-4-9-19(18)22-21(23-20)24-14-6-5-7-16(24)2/h3-4,8-13,16H,5-7,14H2,1-2H3. The van der Waals surface area contributed by atoms with Gasteiger partial charge in [0.25, 0.3) is 0 Å². The minimum absolute atomic E-state index is 0.505. The first-order valence-corrected chi connectivity index (χ1v) is 8.83. The molecule has 1 fully saturated rings. The number of fused-ring (bicyclic) bond motifs is 1. The molecule has 3 aromatic rings. The van der Waals surface area contributed by atoms with Crippen LogP contribution in [0.2, 0.25) is 0 Å². The van der Waals surface area contributed by atoms with E-state index >= 15 is 0 Å². The Morgan fingerprint density at radius 3 is 2.54 bits per heavy atom. The van der Waals surface area contributed by atoms with Crippen molar-refractivity contribution in [3.05, 3.63) is 54.1 Å². The van der Waals surface area contributed by atoms with Crippen molar-refractivity contribution in [2.45, 2.75) is 39.2 Å². The van der Waals surface area contributed by atoms with Crippen LogP contribution in [0.1, 0.15) is 31.7 Å². The van der Waals surface area contributed by atoms with Crippen molar-refractivity contribution < 1.29 is 0 Å². The number of rotatable bonds is 2. The van der Waals surface area contributed by atoms with Crippen molar-refractivity contribution in [3.63, 3.8) is 0 Å². The average molecular weight is 317 g/mol. The van der Waals surface area contributed by atoms with Crippen LogP contribution in [-0.4, -0.2) is 22.6 Å². The molecule has 2 aromatic carbocycles. The molecule has 3 heteroatoms. The van der Waals surface area contributed by atoms with E-state index in [1.165, 1.54) is 24.8 Å². The van der Waals surface area contributed by atoms with Gasteiger partial charge in [0.1, 0.15) is 0 Å². The molecular weight excluding hydrogens is 294 g/mol. The van der Waals surface area contributed by atoms with Crippen LogP contribution in [0.25, 0.3) is 22.2 Å². The third-order valence-electron chi connectivity index (χ3n) is 4.98. The summed E-state index contributed by atoms with van der Waals surface area (Å²) in [5.74, 6) is 0.872. The number of nitrogens with zero attached hydrogens (tertiary/aromatic N) is 3. The predicted molar refractivity (Wildman–Crippen MR) is 100 cm³/mol. The van der Waals surface area contributed by atoms with Gasteiger partial charge in [-0.3, -0.25) is 0 Å². The van der Waals surface area contributed by atoms with Gasteiger partial charge in [-0.2, -0.15) is 0 Å². The molecule has 3 nitrogen and oxygen atoms in total. The third kappa shape index (κ3) is 2.75. The molecule has 122 valence electrons. The molecular formula is C21H23N3. The van der Waals surface area contributed by atoms with Gasteiger partial charge in [-0.1, -0.05) is 48.0 Å². The van der Waals surface area contributed by atoms with Crippen LogP contribution in [0.4, 0.5) is 5.95 Å². The highest BCUT2D eigenvalue weighted by molar-refractivity contribution is 5.93. The molecule has 0 aliphatic carbocycles. The molecule has 0 amide bonds. The van der Waals surface area contributed by atoms with Crippen LogP contribution >= 0.6 is 0 Å². The average Bonchev–Trinajstić information content (AvgIpc) is 2.62. The number of para-hydroxylation sites is 1.